The Morgan fingerprint density at radius 3 is 2.27 bits per heavy atom. The maximum atomic E-state index is 13.2. The molecule has 0 aromatic heterocycles. The number of nitrogens with one attached hydrogen (secondary N) is 1. The number of thiocarbonyl (C=S) groups is 1. The monoisotopic (exact) mass is 477 g/mol. The number of rotatable bonds is 5. The van der Waals surface area contributed by atoms with E-state index in [1.165, 1.54) is 11.0 Å². The summed E-state index contributed by atoms with van der Waals surface area (Å²) in [5, 5.41) is 3.01. The molecule has 8 heteroatoms. The van der Waals surface area contributed by atoms with Crippen molar-refractivity contribution in [2.75, 3.05) is 23.9 Å². The molecular weight excluding hydrogens is 458 g/mol. The predicted octanol–water partition coefficient (Wildman–Crippen LogP) is 5.03. The molecule has 2 amide bonds. The number of para-hydroxylation sites is 1. The quantitative estimate of drug-likeness (QED) is 0.317. The van der Waals surface area contributed by atoms with E-state index in [-0.39, 0.29) is 10.7 Å². The van der Waals surface area contributed by atoms with Gasteiger partial charge in [0.05, 0.1) is 5.69 Å². The standard InChI is InChI=1S/C25H20ClN3O3S/c1-28(2)18-9-8-16(22(26)15-18)14-21-23(30)27-25(33)29(24(21)31)17-10-12-20(13-11-17)32-19-6-4-3-5-7-19/h3-15H,1-2H3,(H,27,30,33). The summed E-state index contributed by atoms with van der Waals surface area (Å²) in [5.41, 5.74) is 1.90. The van der Waals surface area contributed by atoms with Gasteiger partial charge in [-0.1, -0.05) is 35.9 Å². The molecule has 0 aliphatic carbocycles. The molecule has 1 aliphatic heterocycles. The molecule has 6 nitrogen and oxygen atoms in total. The van der Waals surface area contributed by atoms with E-state index in [0.29, 0.717) is 27.8 Å². The lowest BCUT2D eigenvalue weighted by Crippen LogP contribution is -2.54. The Kier molecular flexibility index (Phi) is 6.44. The van der Waals surface area contributed by atoms with Crippen LogP contribution in [0.1, 0.15) is 5.56 Å². The van der Waals surface area contributed by atoms with Crippen molar-refractivity contribution in [3.8, 4) is 11.5 Å². The number of ether oxygens (including phenoxy) is 1. The highest BCUT2D eigenvalue weighted by atomic mass is 35.5. The Balaban J connectivity index is 1.61. The highest BCUT2D eigenvalue weighted by Crippen LogP contribution is 2.29. The van der Waals surface area contributed by atoms with Crippen LogP contribution in [0.4, 0.5) is 11.4 Å². The van der Waals surface area contributed by atoms with E-state index in [1.807, 2.05) is 55.4 Å². The number of anilines is 2. The third kappa shape index (κ3) is 4.89. The second-order valence-corrected chi connectivity index (χ2v) is 8.26. The molecule has 1 fully saturated rings. The number of halogens is 1. The summed E-state index contributed by atoms with van der Waals surface area (Å²) < 4.78 is 5.80. The van der Waals surface area contributed by atoms with Crippen molar-refractivity contribution in [1.82, 2.24) is 5.32 Å². The van der Waals surface area contributed by atoms with Crippen LogP contribution in [0.15, 0.2) is 78.4 Å². The summed E-state index contributed by atoms with van der Waals surface area (Å²) in [6.45, 7) is 0. The van der Waals surface area contributed by atoms with Crippen molar-refractivity contribution in [2.45, 2.75) is 0 Å². The van der Waals surface area contributed by atoms with Crippen LogP contribution in [0.2, 0.25) is 5.02 Å². The second kappa shape index (κ2) is 9.44. The van der Waals surface area contributed by atoms with Gasteiger partial charge in [-0.05, 0) is 72.4 Å². The van der Waals surface area contributed by atoms with Crippen LogP contribution in [-0.2, 0) is 9.59 Å². The van der Waals surface area contributed by atoms with E-state index in [0.717, 1.165) is 5.69 Å². The molecule has 166 valence electrons. The minimum absolute atomic E-state index is 0.00734. The molecule has 0 saturated carbocycles. The molecule has 0 spiro atoms. The number of nitrogens with zero attached hydrogens (tertiary/aromatic N) is 2. The summed E-state index contributed by atoms with van der Waals surface area (Å²) >= 11 is 11.7. The summed E-state index contributed by atoms with van der Waals surface area (Å²) in [7, 11) is 3.80. The van der Waals surface area contributed by atoms with Gasteiger partial charge in [0, 0.05) is 24.8 Å². The van der Waals surface area contributed by atoms with E-state index in [1.54, 1.807) is 36.4 Å². The SMILES string of the molecule is CN(C)c1ccc(C=C2C(=O)NC(=S)N(c3ccc(Oc4ccccc4)cc3)C2=O)c(Cl)c1. The molecule has 0 atom stereocenters. The molecule has 0 bridgehead atoms. The molecule has 1 heterocycles. The van der Waals surface area contributed by atoms with Crippen LogP contribution in [0.5, 0.6) is 11.5 Å². The molecule has 1 aliphatic rings. The Labute approximate surface area is 202 Å². The summed E-state index contributed by atoms with van der Waals surface area (Å²) in [6, 6.07) is 21.6. The topological polar surface area (TPSA) is 61.9 Å². The molecule has 1 saturated heterocycles. The first-order chi connectivity index (χ1) is 15.8. The van der Waals surface area contributed by atoms with Gasteiger partial charge in [0.25, 0.3) is 11.8 Å². The van der Waals surface area contributed by atoms with E-state index in [9.17, 15) is 9.59 Å². The van der Waals surface area contributed by atoms with Crippen molar-refractivity contribution >= 4 is 58.2 Å². The van der Waals surface area contributed by atoms with Crippen molar-refractivity contribution < 1.29 is 14.3 Å². The lowest BCUT2D eigenvalue weighted by molar-refractivity contribution is -0.122. The first-order valence-corrected chi connectivity index (χ1v) is 10.8. The molecule has 3 aromatic rings. The zero-order valence-electron chi connectivity index (χ0n) is 17.9. The van der Waals surface area contributed by atoms with Gasteiger partial charge >= 0.3 is 0 Å². The van der Waals surface area contributed by atoms with Crippen LogP contribution in [0.3, 0.4) is 0 Å². The van der Waals surface area contributed by atoms with Gasteiger partial charge in [0.1, 0.15) is 17.1 Å². The maximum Gasteiger partial charge on any atom is 0.270 e. The van der Waals surface area contributed by atoms with Gasteiger partial charge < -0.3 is 9.64 Å². The predicted molar refractivity (Wildman–Crippen MR) is 135 cm³/mol. The molecule has 1 N–H and O–H groups in total. The molecule has 33 heavy (non-hydrogen) atoms. The number of carbonyl (C=O) groups excluding carboxylic acids is 2. The lowest BCUT2D eigenvalue weighted by atomic mass is 10.1. The molecular formula is C25H20ClN3O3S. The number of hydrogen-bond donors (Lipinski definition) is 1. The number of amides is 2. The summed E-state index contributed by atoms with van der Waals surface area (Å²) in [5.74, 6) is 0.198. The Bertz CT molecular complexity index is 1260. The third-order valence-corrected chi connectivity index (χ3v) is 5.59. The zero-order chi connectivity index (χ0) is 23.5. The van der Waals surface area contributed by atoms with Crippen molar-refractivity contribution in [2.24, 2.45) is 0 Å². The van der Waals surface area contributed by atoms with Crippen LogP contribution in [0.25, 0.3) is 6.08 Å². The van der Waals surface area contributed by atoms with Crippen LogP contribution in [0, 0.1) is 0 Å². The first-order valence-electron chi connectivity index (χ1n) is 10.0. The number of carbonyl (C=O) groups is 2. The average molecular weight is 478 g/mol. The van der Waals surface area contributed by atoms with Gasteiger partial charge in [-0.3, -0.25) is 19.8 Å². The molecule has 0 radical (unpaired) electrons. The van der Waals surface area contributed by atoms with Gasteiger partial charge in [-0.25, -0.2) is 0 Å². The first kappa shape index (κ1) is 22.5. The minimum Gasteiger partial charge on any atom is -0.457 e. The van der Waals surface area contributed by atoms with Crippen LogP contribution in [-0.4, -0.2) is 31.0 Å². The van der Waals surface area contributed by atoms with Crippen LogP contribution >= 0.6 is 23.8 Å². The normalized spacial score (nSPS) is 14.9. The van der Waals surface area contributed by atoms with Gasteiger partial charge in [-0.2, -0.15) is 0 Å². The highest BCUT2D eigenvalue weighted by Gasteiger charge is 2.34. The molecule has 4 rings (SSSR count). The van der Waals surface area contributed by atoms with Crippen molar-refractivity contribution in [3.63, 3.8) is 0 Å². The fraction of sp³-hybridized carbons (Fsp3) is 0.0800. The van der Waals surface area contributed by atoms with Crippen LogP contribution < -0.4 is 19.9 Å². The second-order valence-electron chi connectivity index (χ2n) is 7.47. The Morgan fingerprint density at radius 2 is 1.64 bits per heavy atom. The number of benzene rings is 3. The number of hydrogen-bond acceptors (Lipinski definition) is 5. The van der Waals surface area contributed by atoms with E-state index >= 15 is 0 Å². The molecule has 3 aromatic carbocycles. The van der Waals surface area contributed by atoms with Gasteiger partial charge in [-0.15, -0.1) is 0 Å². The van der Waals surface area contributed by atoms with Crippen molar-refractivity contribution in [3.05, 3.63) is 89.0 Å². The fourth-order valence-electron chi connectivity index (χ4n) is 3.25. The van der Waals surface area contributed by atoms with E-state index in [4.69, 9.17) is 28.6 Å². The summed E-state index contributed by atoms with van der Waals surface area (Å²) in [4.78, 5) is 29.0. The molecule has 0 unspecified atom stereocenters. The van der Waals surface area contributed by atoms with Gasteiger partial charge in [0.2, 0.25) is 0 Å². The minimum atomic E-state index is -0.571. The lowest BCUT2D eigenvalue weighted by Gasteiger charge is -2.29. The average Bonchev–Trinajstić information content (AvgIpc) is 2.79. The zero-order valence-corrected chi connectivity index (χ0v) is 19.5. The van der Waals surface area contributed by atoms with Crippen molar-refractivity contribution in [1.29, 1.82) is 0 Å². The fourth-order valence-corrected chi connectivity index (χ4v) is 3.76. The Hall–Kier alpha value is -3.68. The van der Waals surface area contributed by atoms with E-state index in [2.05, 4.69) is 5.32 Å². The Morgan fingerprint density at radius 1 is 0.970 bits per heavy atom. The largest absolute Gasteiger partial charge is 0.457 e. The summed E-state index contributed by atoms with van der Waals surface area (Å²) in [6.07, 6.45) is 1.47. The smallest absolute Gasteiger partial charge is 0.270 e. The third-order valence-electron chi connectivity index (χ3n) is 4.98. The highest BCUT2D eigenvalue weighted by molar-refractivity contribution is 7.80. The maximum absolute atomic E-state index is 13.2. The van der Waals surface area contributed by atoms with E-state index < -0.39 is 11.8 Å². The van der Waals surface area contributed by atoms with Gasteiger partial charge in [0.15, 0.2) is 5.11 Å².